The van der Waals surface area contributed by atoms with Gasteiger partial charge in [0.15, 0.2) is 0 Å². The van der Waals surface area contributed by atoms with Crippen LogP contribution in [-0.4, -0.2) is 41.5 Å². The number of carboxylic acid groups (broad SMARTS) is 1. The molecule has 0 saturated carbocycles. The van der Waals surface area contributed by atoms with E-state index in [1.54, 1.807) is 12.1 Å². The van der Waals surface area contributed by atoms with Crippen LogP contribution in [0.25, 0.3) is 33.5 Å². The lowest BCUT2D eigenvalue weighted by Gasteiger charge is -2.12. The number of fused-ring (bicyclic) bond motifs is 1. The van der Waals surface area contributed by atoms with Crippen molar-refractivity contribution in [1.29, 1.82) is 0 Å². The molecular formula is C31H25F3N4O5S. The second-order valence-electron chi connectivity index (χ2n) is 9.31. The van der Waals surface area contributed by atoms with Crippen molar-refractivity contribution in [2.24, 2.45) is 0 Å². The van der Waals surface area contributed by atoms with Crippen LogP contribution < -0.4 is 10.0 Å². The molecule has 5 rings (SSSR count). The number of rotatable bonds is 7. The minimum absolute atomic E-state index is 0.122. The number of amides is 1. The first kappa shape index (κ1) is 31.8. The predicted molar refractivity (Wildman–Crippen MR) is 159 cm³/mol. The summed E-state index contributed by atoms with van der Waals surface area (Å²) in [5, 5.41) is 9.75. The van der Waals surface area contributed by atoms with E-state index >= 15 is 0 Å². The zero-order valence-corrected chi connectivity index (χ0v) is 23.9. The highest BCUT2D eigenvalue weighted by atomic mass is 32.2. The molecule has 0 saturated heterocycles. The number of nitrogens with zero attached hydrogens (tertiary/aromatic N) is 2. The van der Waals surface area contributed by atoms with Gasteiger partial charge in [-0.05, 0) is 42.0 Å². The number of halogens is 3. The fourth-order valence-corrected chi connectivity index (χ4v) is 4.98. The number of benzene rings is 4. The second kappa shape index (κ2) is 13.4. The number of nitrogens with one attached hydrogen (secondary N) is 2. The molecule has 0 aliphatic heterocycles. The maximum atomic E-state index is 12.7. The largest absolute Gasteiger partial charge is 0.490 e. The molecule has 0 unspecified atom stereocenters. The third-order valence-electron chi connectivity index (χ3n) is 6.04. The summed E-state index contributed by atoms with van der Waals surface area (Å²) < 4.78 is 59.8. The van der Waals surface area contributed by atoms with E-state index < -0.39 is 22.2 Å². The van der Waals surface area contributed by atoms with Crippen LogP contribution in [0.1, 0.15) is 12.5 Å². The molecule has 0 fully saturated rings. The number of carbonyl (C=O) groups is 2. The Morgan fingerprint density at radius 2 is 1.23 bits per heavy atom. The minimum atomic E-state index is -5.08. The lowest BCUT2D eigenvalue weighted by Crippen LogP contribution is -2.23. The number of para-hydroxylation sites is 2. The molecule has 13 heteroatoms. The molecule has 0 bridgehead atoms. The number of anilines is 1. The molecule has 4 aromatic carbocycles. The van der Waals surface area contributed by atoms with Gasteiger partial charge >= 0.3 is 12.1 Å². The van der Waals surface area contributed by atoms with E-state index in [-0.39, 0.29) is 17.3 Å². The molecule has 9 nitrogen and oxygen atoms in total. The Kier molecular flexibility index (Phi) is 9.71. The van der Waals surface area contributed by atoms with Gasteiger partial charge in [-0.3, -0.25) is 4.79 Å². The summed E-state index contributed by atoms with van der Waals surface area (Å²) >= 11 is 0. The number of sulfonamides is 1. The number of hydrogen-bond donors (Lipinski definition) is 3. The van der Waals surface area contributed by atoms with E-state index in [1.807, 2.05) is 78.9 Å². The zero-order valence-electron chi connectivity index (χ0n) is 23.0. The molecule has 0 aliphatic carbocycles. The van der Waals surface area contributed by atoms with Gasteiger partial charge in [0.1, 0.15) is 0 Å². The molecule has 5 aromatic rings. The number of hydrogen-bond acceptors (Lipinski definition) is 6. The molecule has 1 amide bonds. The standard InChI is InChI=1S/C29H24N4O3S.C2HF3O2/c1-20(34)31-24-15-17-25(18-16-24)37(35,36)30-19-21-11-13-23(14-12-21)29-28(22-7-3-2-4-8-22)32-26-9-5-6-10-27(26)33-29;3-2(4,5)1(6)7/h2-18,30H,19H2,1H3,(H,31,34);(H,6,7). The number of aliphatic carboxylic acids is 1. The summed E-state index contributed by atoms with van der Waals surface area (Å²) in [6, 6.07) is 31.3. The summed E-state index contributed by atoms with van der Waals surface area (Å²) in [5.74, 6) is -2.98. The molecule has 0 radical (unpaired) electrons. The van der Waals surface area contributed by atoms with Crippen molar-refractivity contribution in [2.45, 2.75) is 24.5 Å². The zero-order chi connectivity index (χ0) is 31.9. The smallest absolute Gasteiger partial charge is 0.475 e. The summed E-state index contributed by atoms with van der Waals surface area (Å²) in [6.07, 6.45) is -5.08. The first-order valence-corrected chi connectivity index (χ1v) is 14.4. The van der Waals surface area contributed by atoms with Crippen LogP contribution in [-0.2, 0) is 26.2 Å². The predicted octanol–water partition coefficient (Wildman–Crippen LogP) is 6.03. The van der Waals surface area contributed by atoms with Gasteiger partial charge < -0.3 is 10.4 Å². The first-order valence-electron chi connectivity index (χ1n) is 12.9. The third kappa shape index (κ3) is 8.24. The fourth-order valence-electron chi connectivity index (χ4n) is 3.96. The minimum Gasteiger partial charge on any atom is -0.475 e. The highest BCUT2D eigenvalue weighted by Gasteiger charge is 2.38. The van der Waals surface area contributed by atoms with E-state index in [2.05, 4.69) is 10.0 Å². The summed E-state index contributed by atoms with van der Waals surface area (Å²) in [6.45, 7) is 1.53. The Balaban J connectivity index is 0.000000566. The van der Waals surface area contributed by atoms with Gasteiger partial charge in [-0.15, -0.1) is 0 Å². The maximum Gasteiger partial charge on any atom is 0.490 e. The van der Waals surface area contributed by atoms with Gasteiger partial charge in [-0.1, -0.05) is 66.7 Å². The third-order valence-corrected chi connectivity index (χ3v) is 7.46. The Morgan fingerprint density at radius 3 is 1.70 bits per heavy atom. The molecule has 1 aromatic heterocycles. The highest BCUT2D eigenvalue weighted by molar-refractivity contribution is 7.89. The molecule has 0 spiro atoms. The van der Waals surface area contributed by atoms with E-state index in [9.17, 15) is 26.4 Å². The monoisotopic (exact) mass is 622 g/mol. The van der Waals surface area contributed by atoms with Crippen molar-refractivity contribution in [1.82, 2.24) is 14.7 Å². The van der Waals surface area contributed by atoms with Crippen molar-refractivity contribution in [3.8, 4) is 22.5 Å². The number of carboxylic acids is 1. The average molecular weight is 623 g/mol. The van der Waals surface area contributed by atoms with Gasteiger partial charge in [0.2, 0.25) is 15.9 Å². The van der Waals surface area contributed by atoms with Crippen molar-refractivity contribution in [3.63, 3.8) is 0 Å². The molecular weight excluding hydrogens is 597 g/mol. The van der Waals surface area contributed by atoms with Crippen molar-refractivity contribution >= 4 is 38.6 Å². The molecule has 0 aliphatic rings. The first-order chi connectivity index (χ1) is 20.8. The Hall–Kier alpha value is -5.14. The van der Waals surface area contributed by atoms with Crippen LogP contribution >= 0.6 is 0 Å². The average Bonchev–Trinajstić information content (AvgIpc) is 3.00. The van der Waals surface area contributed by atoms with Crippen LogP contribution in [0.2, 0.25) is 0 Å². The van der Waals surface area contributed by atoms with Gasteiger partial charge in [0.25, 0.3) is 0 Å². The van der Waals surface area contributed by atoms with Crippen LogP contribution in [0.3, 0.4) is 0 Å². The Morgan fingerprint density at radius 1 is 0.750 bits per heavy atom. The number of aromatic nitrogens is 2. The fraction of sp³-hybridized carbons (Fsp3) is 0.0968. The van der Waals surface area contributed by atoms with E-state index in [1.165, 1.54) is 19.1 Å². The van der Waals surface area contributed by atoms with Gasteiger partial charge in [0.05, 0.1) is 27.3 Å². The topological polar surface area (TPSA) is 138 Å². The van der Waals surface area contributed by atoms with E-state index in [0.717, 1.165) is 39.1 Å². The lowest BCUT2D eigenvalue weighted by atomic mass is 10.0. The molecule has 226 valence electrons. The maximum absolute atomic E-state index is 12.7. The molecule has 1 heterocycles. The van der Waals surface area contributed by atoms with Crippen molar-refractivity contribution < 1.29 is 36.3 Å². The summed E-state index contributed by atoms with van der Waals surface area (Å²) in [4.78, 5) is 30.0. The normalized spacial score (nSPS) is 11.4. The van der Waals surface area contributed by atoms with Gasteiger partial charge in [-0.2, -0.15) is 13.2 Å². The highest BCUT2D eigenvalue weighted by Crippen LogP contribution is 2.31. The Labute approximate surface area is 250 Å². The van der Waals surface area contributed by atoms with Crippen LogP contribution in [0.4, 0.5) is 18.9 Å². The number of carbonyl (C=O) groups excluding carboxylic acids is 1. The van der Waals surface area contributed by atoms with Crippen LogP contribution in [0, 0.1) is 0 Å². The summed E-state index contributed by atoms with van der Waals surface area (Å²) in [7, 11) is -3.72. The van der Waals surface area contributed by atoms with Crippen molar-refractivity contribution in [2.75, 3.05) is 5.32 Å². The summed E-state index contributed by atoms with van der Waals surface area (Å²) in [5.41, 5.74) is 6.37. The molecule has 44 heavy (non-hydrogen) atoms. The van der Waals surface area contributed by atoms with Crippen LogP contribution in [0.5, 0.6) is 0 Å². The van der Waals surface area contributed by atoms with Gasteiger partial charge in [0, 0.05) is 30.3 Å². The van der Waals surface area contributed by atoms with E-state index in [4.69, 9.17) is 19.9 Å². The van der Waals surface area contributed by atoms with Gasteiger partial charge in [-0.25, -0.2) is 27.9 Å². The Bertz CT molecular complexity index is 1880. The lowest BCUT2D eigenvalue weighted by molar-refractivity contribution is -0.192. The van der Waals surface area contributed by atoms with Crippen LogP contribution in [0.15, 0.2) is 108 Å². The van der Waals surface area contributed by atoms with E-state index in [0.29, 0.717) is 5.69 Å². The quantitative estimate of drug-likeness (QED) is 0.201. The van der Waals surface area contributed by atoms with Crippen molar-refractivity contribution in [3.05, 3.63) is 109 Å². The SMILES string of the molecule is CC(=O)Nc1ccc(S(=O)(=O)NCc2ccc(-c3nc4ccccc4nc3-c3ccccc3)cc2)cc1.O=C(O)C(F)(F)F. The number of alkyl halides is 3. The molecule has 3 N–H and O–H groups in total. The molecule has 0 atom stereocenters. The second-order valence-corrected chi connectivity index (χ2v) is 11.1.